The van der Waals surface area contributed by atoms with Crippen LogP contribution in [0.4, 0.5) is 24.0 Å². The van der Waals surface area contributed by atoms with Crippen molar-refractivity contribution in [2.24, 2.45) is 0 Å². The van der Waals surface area contributed by atoms with Gasteiger partial charge in [0.05, 0.1) is 17.2 Å². The van der Waals surface area contributed by atoms with E-state index in [4.69, 9.17) is 11.0 Å². The summed E-state index contributed by atoms with van der Waals surface area (Å²) < 4.78 is 38.3. The van der Waals surface area contributed by atoms with E-state index in [1.165, 1.54) is 12.1 Å². The third kappa shape index (κ3) is 3.26. The van der Waals surface area contributed by atoms with Gasteiger partial charge < -0.3 is 11.1 Å². The molecule has 0 spiro atoms. The molecule has 3 N–H and O–H groups in total. The van der Waals surface area contributed by atoms with Gasteiger partial charge in [0.1, 0.15) is 0 Å². The normalized spacial score (nSPS) is 11.0. The molecule has 0 radical (unpaired) electrons. The van der Waals surface area contributed by atoms with Crippen LogP contribution in [-0.2, 0) is 6.18 Å². The summed E-state index contributed by atoms with van der Waals surface area (Å²) in [5, 5.41) is 17.8. The van der Waals surface area contributed by atoms with Crippen molar-refractivity contribution < 1.29 is 18.0 Å². The number of rotatable bonds is 2. The average molecular weight is 313 g/mol. The highest BCUT2D eigenvalue weighted by Crippen LogP contribution is 2.33. The highest BCUT2D eigenvalue weighted by atomic mass is 32.1. The van der Waals surface area contributed by atoms with Crippen LogP contribution in [-0.4, -0.2) is 16.1 Å². The number of anilines is 2. The van der Waals surface area contributed by atoms with Gasteiger partial charge in [0.2, 0.25) is 10.1 Å². The van der Waals surface area contributed by atoms with Gasteiger partial charge in [0.25, 0.3) is 5.91 Å². The zero-order chi connectivity index (χ0) is 15.6. The van der Waals surface area contributed by atoms with Crippen LogP contribution in [0.1, 0.15) is 20.9 Å². The van der Waals surface area contributed by atoms with Crippen LogP contribution in [0, 0.1) is 11.3 Å². The molecule has 2 aromatic rings. The first-order chi connectivity index (χ1) is 9.81. The first-order valence-corrected chi connectivity index (χ1v) is 6.14. The van der Waals surface area contributed by atoms with E-state index in [0.29, 0.717) is 6.07 Å². The number of nitrogens with zero attached hydrogens (tertiary/aromatic N) is 3. The number of aromatic nitrogens is 2. The number of nitrogen functional groups attached to an aromatic ring is 1. The highest BCUT2D eigenvalue weighted by Gasteiger charge is 2.34. The maximum absolute atomic E-state index is 12.8. The quantitative estimate of drug-likeness (QED) is 0.885. The molecule has 0 fully saturated rings. The largest absolute Gasteiger partial charge is 0.417 e. The van der Waals surface area contributed by atoms with E-state index in [1.807, 2.05) is 0 Å². The number of nitrogens with one attached hydrogen (secondary N) is 1. The minimum atomic E-state index is -4.70. The van der Waals surface area contributed by atoms with Crippen LogP contribution in [0.15, 0.2) is 18.2 Å². The van der Waals surface area contributed by atoms with E-state index in [0.717, 1.165) is 17.4 Å². The molecule has 0 aliphatic heterocycles. The van der Waals surface area contributed by atoms with Crippen molar-refractivity contribution in [2.45, 2.75) is 6.18 Å². The molecular weight excluding hydrogens is 307 g/mol. The molecule has 2 rings (SSSR count). The molecule has 1 amide bonds. The van der Waals surface area contributed by atoms with Crippen LogP contribution in [0.2, 0.25) is 0 Å². The Hall–Kier alpha value is -2.67. The lowest BCUT2D eigenvalue weighted by molar-refractivity contribution is -0.137. The van der Waals surface area contributed by atoms with Gasteiger partial charge in [-0.1, -0.05) is 11.3 Å². The van der Waals surface area contributed by atoms with Crippen LogP contribution in [0.5, 0.6) is 0 Å². The lowest BCUT2D eigenvalue weighted by Crippen LogP contribution is -2.14. The van der Waals surface area contributed by atoms with E-state index >= 15 is 0 Å². The van der Waals surface area contributed by atoms with Crippen molar-refractivity contribution in [3.63, 3.8) is 0 Å². The van der Waals surface area contributed by atoms with Gasteiger partial charge in [-0.3, -0.25) is 4.79 Å². The number of carbonyl (C=O) groups excluding carboxylic acids is 1. The molecule has 0 saturated heterocycles. The minimum Gasteiger partial charge on any atom is -0.374 e. The van der Waals surface area contributed by atoms with Gasteiger partial charge in [-0.05, 0) is 18.2 Å². The fourth-order valence-electron chi connectivity index (χ4n) is 1.46. The Morgan fingerprint density at radius 3 is 2.62 bits per heavy atom. The first kappa shape index (κ1) is 14.7. The van der Waals surface area contributed by atoms with Crippen molar-refractivity contribution in [3.05, 3.63) is 34.3 Å². The Bertz CT molecular complexity index is 734. The van der Waals surface area contributed by atoms with Gasteiger partial charge >= 0.3 is 6.18 Å². The first-order valence-electron chi connectivity index (χ1n) is 5.33. The SMILES string of the molecule is N#Cc1ccc(NC(=O)c2nnc(N)s2)cc1C(F)(F)F. The Labute approximate surface area is 120 Å². The molecule has 0 bridgehead atoms. The Morgan fingerprint density at radius 1 is 1.38 bits per heavy atom. The molecule has 0 aliphatic rings. The molecule has 0 atom stereocenters. The van der Waals surface area contributed by atoms with Crippen molar-refractivity contribution >= 4 is 28.1 Å². The summed E-state index contributed by atoms with van der Waals surface area (Å²) in [6, 6.07) is 4.30. The number of hydrogen-bond acceptors (Lipinski definition) is 6. The second kappa shape index (κ2) is 5.37. The van der Waals surface area contributed by atoms with Crippen molar-refractivity contribution in [1.29, 1.82) is 5.26 Å². The molecular formula is C11H6F3N5OS. The maximum atomic E-state index is 12.8. The molecule has 0 aliphatic carbocycles. The van der Waals surface area contributed by atoms with Gasteiger partial charge in [-0.15, -0.1) is 10.2 Å². The average Bonchev–Trinajstić information content (AvgIpc) is 2.84. The number of hydrogen-bond donors (Lipinski definition) is 2. The van der Waals surface area contributed by atoms with E-state index in [1.54, 1.807) is 0 Å². The predicted molar refractivity (Wildman–Crippen MR) is 68.4 cm³/mol. The smallest absolute Gasteiger partial charge is 0.374 e. The van der Waals surface area contributed by atoms with Crippen LogP contribution in [0.25, 0.3) is 0 Å². The van der Waals surface area contributed by atoms with Crippen LogP contribution in [0.3, 0.4) is 0 Å². The van der Waals surface area contributed by atoms with Crippen molar-refractivity contribution in [3.8, 4) is 6.07 Å². The lowest BCUT2D eigenvalue weighted by atomic mass is 10.1. The summed E-state index contributed by atoms with van der Waals surface area (Å²) in [5.41, 5.74) is 3.55. The molecule has 0 saturated carbocycles. The number of nitriles is 1. The lowest BCUT2D eigenvalue weighted by Gasteiger charge is -2.11. The summed E-state index contributed by atoms with van der Waals surface area (Å²) in [5.74, 6) is -0.734. The van der Waals surface area contributed by atoms with Crippen molar-refractivity contribution in [1.82, 2.24) is 10.2 Å². The third-order valence-electron chi connectivity index (χ3n) is 2.34. The summed E-state index contributed by atoms with van der Waals surface area (Å²) >= 11 is 0.801. The molecule has 1 aromatic heterocycles. The Balaban J connectivity index is 2.30. The fraction of sp³-hybridized carbons (Fsp3) is 0.0909. The van der Waals surface area contributed by atoms with Crippen molar-refractivity contribution in [2.75, 3.05) is 11.1 Å². The minimum absolute atomic E-state index is 0.0657. The summed E-state index contributed by atoms with van der Waals surface area (Å²) in [7, 11) is 0. The highest BCUT2D eigenvalue weighted by molar-refractivity contribution is 7.16. The Morgan fingerprint density at radius 2 is 2.10 bits per heavy atom. The zero-order valence-electron chi connectivity index (χ0n) is 10.1. The predicted octanol–water partition coefficient (Wildman–Crippen LogP) is 2.26. The fourth-order valence-corrected chi connectivity index (χ4v) is 1.97. The number of alkyl halides is 3. The molecule has 6 nitrogen and oxygen atoms in total. The molecule has 0 unspecified atom stereocenters. The monoisotopic (exact) mass is 313 g/mol. The second-order valence-electron chi connectivity index (χ2n) is 3.77. The van der Waals surface area contributed by atoms with E-state index < -0.39 is 23.2 Å². The standard InChI is InChI=1S/C11H6F3N5OS/c12-11(13,14)7-3-6(2-1-5(7)4-15)17-8(20)9-18-19-10(16)21-9/h1-3H,(H2,16,19)(H,17,20). The number of halogens is 3. The third-order valence-corrected chi connectivity index (χ3v) is 3.09. The van der Waals surface area contributed by atoms with E-state index in [-0.39, 0.29) is 15.8 Å². The number of benzene rings is 1. The van der Waals surface area contributed by atoms with Gasteiger partial charge in [-0.2, -0.15) is 18.4 Å². The summed E-state index contributed by atoms with van der Waals surface area (Å²) in [6.45, 7) is 0. The van der Waals surface area contributed by atoms with Gasteiger partial charge in [0.15, 0.2) is 0 Å². The Kier molecular flexibility index (Phi) is 3.77. The van der Waals surface area contributed by atoms with Crippen LogP contribution < -0.4 is 11.1 Å². The van der Waals surface area contributed by atoms with E-state index in [9.17, 15) is 18.0 Å². The molecule has 108 valence electrons. The number of amides is 1. The second-order valence-corrected chi connectivity index (χ2v) is 4.78. The number of nitrogens with two attached hydrogens (primary N) is 1. The van der Waals surface area contributed by atoms with Gasteiger partial charge in [0, 0.05) is 5.69 Å². The molecule has 1 aromatic carbocycles. The summed E-state index contributed by atoms with van der Waals surface area (Å²) in [4.78, 5) is 11.7. The molecule has 1 heterocycles. The van der Waals surface area contributed by atoms with Gasteiger partial charge in [-0.25, -0.2) is 0 Å². The maximum Gasteiger partial charge on any atom is 0.417 e. The topological polar surface area (TPSA) is 105 Å². The molecule has 10 heteroatoms. The molecule has 21 heavy (non-hydrogen) atoms. The number of carbonyl (C=O) groups is 1. The van der Waals surface area contributed by atoms with Crippen LogP contribution >= 0.6 is 11.3 Å². The zero-order valence-corrected chi connectivity index (χ0v) is 10.9. The summed E-state index contributed by atoms with van der Waals surface area (Å²) in [6.07, 6.45) is -4.70. The van der Waals surface area contributed by atoms with E-state index in [2.05, 4.69) is 15.5 Å².